The summed E-state index contributed by atoms with van der Waals surface area (Å²) in [5.41, 5.74) is 0.962. The minimum atomic E-state index is -2.66. The van der Waals surface area contributed by atoms with Gasteiger partial charge < -0.3 is 14.5 Å². The van der Waals surface area contributed by atoms with Crippen molar-refractivity contribution in [3.05, 3.63) is 18.0 Å². The average molecular weight is 326 g/mol. The minimum Gasteiger partial charge on any atom is -0.365 e. The molecule has 0 radical (unpaired) electrons. The summed E-state index contributed by atoms with van der Waals surface area (Å²) >= 11 is 0. The van der Waals surface area contributed by atoms with Gasteiger partial charge in [0.05, 0.1) is 13.2 Å². The van der Waals surface area contributed by atoms with Crippen LogP contribution >= 0.6 is 0 Å². The highest BCUT2D eigenvalue weighted by atomic mass is 19.3. The van der Waals surface area contributed by atoms with Gasteiger partial charge in [0.15, 0.2) is 6.10 Å². The number of hydrogen-bond acceptors (Lipinski definition) is 5. The number of ether oxygens (including phenoxy) is 1. The number of hydrogen-bond donors (Lipinski definition) is 0. The highest BCUT2D eigenvalue weighted by Gasteiger charge is 2.38. The zero-order valence-corrected chi connectivity index (χ0v) is 13.0. The largest absolute Gasteiger partial charge is 0.365 e. The van der Waals surface area contributed by atoms with Crippen molar-refractivity contribution in [2.45, 2.75) is 31.8 Å². The van der Waals surface area contributed by atoms with Crippen LogP contribution in [-0.2, 0) is 9.53 Å². The van der Waals surface area contributed by atoms with E-state index in [4.69, 9.17) is 4.74 Å². The van der Waals surface area contributed by atoms with Gasteiger partial charge in [-0.05, 0) is 12.5 Å². The summed E-state index contributed by atoms with van der Waals surface area (Å²) in [6, 6.07) is 0. The van der Waals surface area contributed by atoms with Crippen molar-refractivity contribution in [3.63, 3.8) is 0 Å². The summed E-state index contributed by atoms with van der Waals surface area (Å²) in [5.74, 6) is -2.33. The SMILES string of the molecule is Cc1cnc(N2CCOC(C(=O)N3CCC(F)(F)CC3)C2)nc1. The lowest BCUT2D eigenvalue weighted by molar-refractivity contribution is -0.150. The number of aromatic nitrogens is 2. The molecule has 0 N–H and O–H groups in total. The third-order valence-electron chi connectivity index (χ3n) is 4.20. The van der Waals surface area contributed by atoms with Gasteiger partial charge >= 0.3 is 0 Å². The predicted molar refractivity (Wildman–Crippen MR) is 79.5 cm³/mol. The number of piperidine rings is 1. The Morgan fingerprint density at radius 1 is 1.26 bits per heavy atom. The Labute approximate surface area is 133 Å². The van der Waals surface area contributed by atoms with Gasteiger partial charge in [-0.25, -0.2) is 18.7 Å². The van der Waals surface area contributed by atoms with Gasteiger partial charge in [0, 0.05) is 44.9 Å². The molecule has 8 heteroatoms. The quantitative estimate of drug-likeness (QED) is 0.819. The van der Waals surface area contributed by atoms with Gasteiger partial charge in [0.25, 0.3) is 11.8 Å². The van der Waals surface area contributed by atoms with Crippen LogP contribution in [0.1, 0.15) is 18.4 Å². The molecule has 3 rings (SSSR count). The van der Waals surface area contributed by atoms with Crippen molar-refractivity contribution in [1.82, 2.24) is 14.9 Å². The number of nitrogens with zero attached hydrogens (tertiary/aromatic N) is 4. The number of morpholine rings is 1. The summed E-state index contributed by atoms with van der Waals surface area (Å²) in [4.78, 5) is 24.4. The lowest BCUT2D eigenvalue weighted by atomic mass is 10.1. The van der Waals surface area contributed by atoms with Gasteiger partial charge in [-0.2, -0.15) is 0 Å². The lowest BCUT2D eigenvalue weighted by Crippen LogP contribution is -2.53. The van der Waals surface area contributed by atoms with Crippen LogP contribution in [-0.4, -0.2) is 65.6 Å². The standard InChI is InChI=1S/C15H20F2N4O2/c1-11-8-18-14(19-9-11)21-6-7-23-12(10-21)13(22)20-4-2-15(16,17)3-5-20/h8-9,12H,2-7,10H2,1H3. The van der Waals surface area contributed by atoms with E-state index < -0.39 is 12.0 Å². The summed E-state index contributed by atoms with van der Waals surface area (Å²) < 4.78 is 32.0. The monoisotopic (exact) mass is 326 g/mol. The maximum absolute atomic E-state index is 13.2. The summed E-state index contributed by atoms with van der Waals surface area (Å²) in [6.45, 7) is 3.39. The van der Waals surface area contributed by atoms with Crippen molar-refractivity contribution < 1.29 is 18.3 Å². The van der Waals surface area contributed by atoms with E-state index >= 15 is 0 Å². The second-order valence-corrected chi connectivity index (χ2v) is 6.05. The number of carbonyl (C=O) groups is 1. The zero-order valence-electron chi connectivity index (χ0n) is 13.0. The molecule has 6 nitrogen and oxygen atoms in total. The molecule has 0 spiro atoms. The van der Waals surface area contributed by atoms with Gasteiger partial charge in [0.1, 0.15) is 0 Å². The molecule has 23 heavy (non-hydrogen) atoms. The molecule has 0 aliphatic carbocycles. The van der Waals surface area contributed by atoms with E-state index in [2.05, 4.69) is 9.97 Å². The highest BCUT2D eigenvalue weighted by molar-refractivity contribution is 5.82. The molecule has 1 unspecified atom stereocenters. The summed E-state index contributed by atoms with van der Waals surface area (Å²) in [6.07, 6.45) is 2.23. The summed E-state index contributed by atoms with van der Waals surface area (Å²) in [5, 5.41) is 0. The van der Waals surface area contributed by atoms with Crippen LogP contribution in [0.4, 0.5) is 14.7 Å². The minimum absolute atomic E-state index is 0.0761. The van der Waals surface area contributed by atoms with E-state index in [-0.39, 0.29) is 31.8 Å². The molecule has 0 aromatic carbocycles. The molecule has 2 aliphatic heterocycles. The van der Waals surface area contributed by atoms with Gasteiger partial charge in [-0.3, -0.25) is 4.79 Å². The van der Waals surface area contributed by atoms with Crippen molar-refractivity contribution >= 4 is 11.9 Å². The molecule has 2 aliphatic rings. The highest BCUT2D eigenvalue weighted by Crippen LogP contribution is 2.28. The molecule has 1 aromatic heterocycles. The van der Waals surface area contributed by atoms with Crippen molar-refractivity contribution in [1.29, 1.82) is 0 Å². The first-order valence-electron chi connectivity index (χ1n) is 7.76. The molecule has 1 amide bonds. The number of alkyl halides is 2. The molecular formula is C15H20F2N4O2. The number of carbonyl (C=O) groups excluding carboxylic acids is 1. The smallest absolute Gasteiger partial charge is 0.253 e. The van der Waals surface area contributed by atoms with Gasteiger partial charge in [-0.1, -0.05) is 0 Å². The van der Waals surface area contributed by atoms with Gasteiger partial charge in [0.2, 0.25) is 5.95 Å². The van der Waals surface area contributed by atoms with Crippen LogP contribution < -0.4 is 4.90 Å². The second-order valence-electron chi connectivity index (χ2n) is 6.05. The third kappa shape index (κ3) is 3.74. The van der Waals surface area contributed by atoms with Crippen LogP contribution in [0.5, 0.6) is 0 Å². The fourth-order valence-electron chi connectivity index (χ4n) is 2.79. The van der Waals surface area contributed by atoms with Crippen molar-refractivity contribution in [2.75, 3.05) is 37.7 Å². The predicted octanol–water partition coefficient (Wildman–Crippen LogP) is 1.25. The van der Waals surface area contributed by atoms with E-state index in [9.17, 15) is 13.6 Å². The Bertz CT molecular complexity index is 557. The normalized spacial score (nSPS) is 24.6. The number of aryl methyl sites for hydroxylation is 1. The number of halogens is 2. The second kappa shape index (κ2) is 6.35. The van der Waals surface area contributed by atoms with E-state index in [1.54, 1.807) is 12.4 Å². The van der Waals surface area contributed by atoms with E-state index in [0.29, 0.717) is 25.6 Å². The number of likely N-dealkylation sites (tertiary alicyclic amines) is 1. The molecule has 2 fully saturated rings. The zero-order chi connectivity index (χ0) is 16.4. The molecule has 0 bridgehead atoms. The Morgan fingerprint density at radius 3 is 2.57 bits per heavy atom. The molecule has 1 atom stereocenters. The number of anilines is 1. The Hall–Kier alpha value is -1.83. The fourth-order valence-corrected chi connectivity index (χ4v) is 2.79. The lowest BCUT2D eigenvalue weighted by Gasteiger charge is -2.37. The first-order chi connectivity index (χ1) is 10.9. The summed E-state index contributed by atoms with van der Waals surface area (Å²) in [7, 11) is 0. The van der Waals surface area contributed by atoms with Crippen LogP contribution in [0.25, 0.3) is 0 Å². The number of rotatable bonds is 2. The fraction of sp³-hybridized carbons (Fsp3) is 0.667. The van der Waals surface area contributed by atoms with Crippen molar-refractivity contribution in [2.24, 2.45) is 0 Å². The number of amides is 1. The Balaban J connectivity index is 1.62. The van der Waals surface area contributed by atoms with Crippen molar-refractivity contribution in [3.8, 4) is 0 Å². The van der Waals surface area contributed by atoms with E-state index in [1.807, 2.05) is 11.8 Å². The van der Waals surface area contributed by atoms with E-state index in [1.165, 1.54) is 4.90 Å². The van der Waals surface area contributed by atoms with Crippen LogP contribution in [0.3, 0.4) is 0 Å². The Morgan fingerprint density at radius 2 is 1.91 bits per heavy atom. The third-order valence-corrected chi connectivity index (χ3v) is 4.20. The Kier molecular flexibility index (Phi) is 4.43. The van der Waals surface area contributed by atoms with Crippen LogP contribution in [0.2, 0.25) is 0 Å². The molecule has 2 saturated heterocycles. The van der Waals surface area contributed by atoms with Crippen LogP contribution in [0.15, 0.2) is 12.4 Å². The first-order valence-corrected chi connectivity index (χ1v) is 7.76. The molecule has 126 valence electrons. The topological polar surface area (TPSA) is 58.6 Å². The van der Waals surface area contributed by atoms with Gasteiger partial charge in [-0.15, -0.1) is 0 Å². The maximum atomic E-state index is 13.2. The first kappa shape index (κ1) is 16.0. The average Bonchev–Trinajstić information content (AvgIpc) is 2.55. The molecule has 1 aromatic rings. The van der Waals surface area contributed by atoms with E-state index in [0.717, 1.165) is 5.56 Å². The van der Waals surface area contributed by atoms with Crippen LogP contribution in [0, 0.1) is 6.92 Å². The molecular weight excluding hydrogens is 306 g/mol. The maximum Gasteiger partial charge on any atom is 0.253 e. The molecule has 0 saturated carbocycles. The molecule has 3 heterocycles.